The van der Waals surface area contributed by atoms with Gasteiger partial charge >= 0.3 is 6.09 Å². The fourth-order valence-electron chi connectivity index (χ4n) is 2.57. The summed E-state index contributed by atoms with van der Waals surface area (Å²) in [5.41, 5.74) is 1.03. The molecule has 3 rings (SSSR count). The normalized spacial score (nSPS) is 16.1. The molecule has 0 aliphatic carbocycles. The van der Waals surface area contributed by atoms with Crippen LogP contribution in [-0.4, -0.2) is 48.9 Å². The lowest BCUT2D eigenvalue weighted by atomic mass is 9.93. The van der Waals surface area contributed by atoms with Crippen molar-refractivity contribution < 1.29 is 9.90 Å². The van der Waals surface area contributed by atoms with Gasteiger partial charge in [-0.3, -0.25) is 0 Å². The number of piperidine rings is 1. The Morgan fingerprint density at radius 1 is 1.29 bits per heavy atom. The van der Waals surface area contributed by atoms with Crippen LogP contribution in [-0.2, 0) is 0 Å². The van der Waals surface area contributed by atoms with Crippen molar-refractivity contribution in [2.45, 2.75) is 18.8 Å². The molecule has 3 heterocycles. The lowest BCUT2D eigenvalue weighted by Crippen LogP contribution is -2.37. The summed E-state index contributed by atoms with van der Waals surface area (Å²) >= 11 is 3.31. The standard InChI is InChI=1S/C13H14BrN5O2/c14-10-7-15-12(16-8-10)19-11(1-4-17-19)9-2-5-18(6-3-9)13(20)21/h1,4,7-9H,2-3,5-6H2,(H,20,21). The van der Waals surface area contributed by atoms with Crippen LogP contribution in [0, 0.1) is 0 Å². The van der Waals surface area contributed by atoms with Gasteiger partial charge in [0.25, 0.3) is 5.95 Å². The summed E-state index contributed by atoms with van der Waals surface area (Å²) in [4.78, 5) is 20.9. The topological polar surface area (TPSA) is 84.1 Å². The van der Waals surface area contributed by atoms with Crippen molar-refractivity contribution >= 4 is 22.0 Å². The summed E-state index contributed by atoms with van der Waals surface area (Å²) < 4.78 is 2.54. The minimum Gasteiger partial charge on any atom is -0.465 e. The Kier molecular flexibility index (Phi) is 3.87. The van der Waals surface area contributed by atoms with Gasteiger partial charge in [0.05, 0.1) is 10.2 Å². The number of aromatic nitrogens is 4. The molecule has 110 valence electrons. The Morgan fingerprint density at radius 2 is 1.95 bits per heavy atom. The molecule has 1 amide bonds. The number of halogens is 1. The molecule has 8 heteroatoms. The molecular weight excluding hydrogens is 338 g/mol. The van der Waals surface area contributed by atoms with Crippen molar-refractivity contribution in [3.05, 3.63) is 34.8 Å². The highest BCUT2D eigenvalue weighted by Gasteiger charge is 2.26. The van der Waals surface area contributed by atoms with Gasteiger partial charge in [0.15, 0.2) is 0 Å². The van der Waals surface area contributed by atoms with Crippen molar-refractivity contribution in [3.63, 3.8) is 0 Å². The summed E-state index contributed by atoms with van der Waals surface area (Å²) in [5.74, 6) is 0.800. The highest BCUT2D eigenvalue weighted by molar-refractivity contribution is 9.10. The Bertz CT molecular complexity index is 634. The zero-order chi connectivity index (χ0) is 14.8. The van der Waals surface area contributed by atoms with Gasteiger partial charge < -0.3 is 10.0 Å². The number of nitrogens with zero attached hydrogens (tertiary/aromatic N) is 5. The largest absolute Gasteiger partial charge is 0.465 e. The molecule has 0 radical (unpaired) electrons. The maximum Gasteiger partial charge on any atom is 0.407 e. The Morgan fingerprint density at radius 3 is 2.57 bits per heavy atom. The van der Waals surface area contributed by atoms with E-state index in [0.717, 1.165) is 23.0 Å². The number of carbonyl (C=O) groups is 1. The van der Waals surface area contributed by atoms with E-state index in [1.165, 1.54) is 4.90 Å². The number of hydrogen-bond acceptors (Lipinski definition) is 4. The lowest BCUT2D eigenvalue weighted by molar-refractivity contribution is 0.131. The predicted molar refractivity (Wildman–Crippen MR) is 78.4 cm³/mol. The third-order valence-electron chi connectivity index (χ3n) is 3.65. The van der Waals surface area contributed by atoms with Crippen LogP contribution in [0.3, 0.4) is 0 Å². The average Bonchev–Trinajstić information content (AvgIpc) is 2.97. The average molecular weight is 352 g/mol. The fraction of sp³-hybridized carbons (Fsp3) is 0.385. The van der Waals surface area contributed by atoms with E-state index in [1.54, 1.807) is 23.3 Å². The third kappa shape index (κ3) is 2.90. The van der Waals surface area contributed by atoms with Crippen LogP contribution in [0.2, 0.25) is 0 Å². The molecule has 1 aliphatic rings. The summed E-state index contributed by atoms with van der Waals surface area (Å²) in [7, 11) is 0. The lowest BCUT2D eigenvalue weighted by Gasteiger charge is -2.30. The maximum atomic E-state index is 11.0. The van der Waals surface area contributed by atoms with Gasteiger partial charge in [0, 0.05) is 37.6 Å². The molecule has 1 fully saturated rings. The second kappa shape index (κ2) is 5.80. The molecule has 21 heavy (non-hydrogen) atoms. The molecule has 0 bridgehead atoms. The van der Waals surface area contributed by atoms with Crippen LogP contribution in [0.1, 0.15) is 24.5 Å². The molecule has 2 aromatic rings. The molecule has 0 spiro atoms. The van der Waals surface area contributed by atoms with Crippen molar-refractivity contribution in [3.8, 4) is 5.95 Å². The number of rotatable bonds is 2. The molecule has 0 aromatic carbocycles. The first-order chi connectivity index (χ1) is 10.1. The smallest absolute Gasteiger partial charge is 0.407 e. The van der Waals surface area contributed by atoms with E-state index < -0.39 is 6.09 Å². The summed E-state index contributed by atoms with van der Waals surface area (Å²) in [6, 6.07) is 1.95. The molecule has 0 atom stereocenters. The summed E-state index contributed by atoms with van der Waals surface area (Å²) in [6.07, 6.45) is 5.81. The van der Waals surface area contributed by atoms with Crippen molar-refractivity contribution in [1.82, 2.24) is 24.6 Å². The maximum absolute atomic E-state index is 11.0. The highest BCUT2D eigenvalue weighted by atomic mass is 79.9. The van der Waals surface area contributed by atoms with E-state index >= 15 is 0 Å². The van der Waals surface area contributed by atoms with Crippen LogP contribution in [0.4, 0.5) is 4.79 Å². The van der Waals surface area contributed by atoms with E-state index in [0.29, 0.717) is 19.0 Å². The van der Waals surface area contributed by atoms with Crippen LogP contribution >= 0.6 is 15.9 Å². The van der Waals surface area contributed by atoms with Crippen LogP contribution in [0.25, 0.3) is 5.95 Å². The monoisotopic (exact) mass is 351 g/mol. The van der Waals surface area contributed by atoms with Gasteiger partial charge in [0.1, 0.15) is 0 Å². The van der Waals surface area contributed by atoms with Crippen LogP contribution < -0.4 is 0 Å². The first-order valence-electron chi connectivity index (χ1n) is 6.65. The van der Waals surface area contributed by atoms with E-state index in [-0.39, 0.29) is 5.92 Å². The van der Waals surface area contributed by atoms with Crippen molar-refractivity contribution in [1.29, 1.82) is 0 Å². The van der Waals surface area contributed by atoms with Crippen molar-refractivity contribution in [2.24, 2.45) is 0 Å². The van der Waals surface area contributed by atoms with E-state index in [1.807, 2.05) is 6.07 Å². The molecule has 1 saturated heterocycles. The van der Waals surface area contributed by atoms with E-state index in [9.17, 15) is 4.79 Å². The molecule has 2 aromatic heterocycles. The summed E-state index contributed by atoms with van der Waals surface area (Å²) in [6.45, 7) is 1.10. The fourth-order valence-corrected chi connectivity index (χ4v) is 2.78. The second-order valence-electron chi connectivity index (χ2n) is 4.91. The van der Waals surface area contributed by atoms with Gasteiger partial charge in [0.2, 0.25) is 0 Å². The quantitative estimate of drug-likeness (QED) is 0.897. The highest BCUT2D eigenvalue weighted by Crippen LogP contribution is 2.28. The Balaban J connectivity index is 1.80. The Hall–Kier alpha value is -1.96. The molecule has 0 unspecified atom stereocenters. The summed E-state index contributed by atoms with van der Waals surface area (Å²) in [5, 5.41) is 13.3. The SMILES string of the molecule is O=C(O)N1CCC(c2ccnn2-c2ncc(Br)cn2)CC1. The molecule has 7 nitrogen and oxygen atoms in total. The van der Waals surface area contributed by atoms with Crippen LogP contribution in [0.15, 0.2) is 29.1 Å². The minimum atomic E-state index is -0.849. The first-order valence-corrected chi connectivity index (χ1v) is 7.44. The number of amides is 1. The van der Waals surface area contributed by atoms with Gasteiger partial charge in [-0.2, -0.15) is 5.10 Å². The third-order valence-corrected chi connectivity index (χ3v) is 4.06. The van der Waals surface area contributed by atoms with E-state index in [4.69, 9.17) is 5.11 Å². The first kappa shape index (κ1) is 14.0. The van der Waals surface area contributed by atoms with E-state index in [2.05, 4.69) is 31.0 Å². The van der Waals surface area contributed by atoms with Crippen LogP contribution in [0.5, 0.6) is 0 Å². The van der Waals surface area contributed by atoms with Gasteiger partial charge in [-0.1, -0.05) is 0 Å². The molecule has 1 aliphatic heterocycles. The number of likely N-dealkylation sites (tertiary alicyclic amines) is 1. The minimum absolute atomic E-state index is 0.273. The predicted octanol–water partition coefficient (Wildman–Crippen LogP) is 2.28. The molecule has 1 N–H and O–H groups in total. The van der Waals surface area contributed by atoms with Crippen molar-refractivity contribution in [2.75, 3.05) is 13.1 Å². The van der Waals surface area contributed by atoms with Gasteiger partial charge in [-0.25, -0.2) is 19.4 Å². The zero-order valence-electron chi connectivity index (χ0n) is 11.2. The van der Waals surface area contributed by atoms with Gasteiger partial charge in [-0.05, 0) is 34.8 Å². The molecule has 0 saturated carbocycles. The second-order valence-corrected chi connectivity index (χ2v) is 5.83. The van der Waals surface area contributed by atoms with Gasteiger partial charge in [-0.15, -0.1) is 0 Å². The molecular formula is C13H14BrN5O2. The zero-order valence-corrected chi connectivity index (χ0v) is 12.8. The number of hydrogen-bond donors (Lipinski definition) is 1. The number of carboxylic acid groups (broad SMARTS) is 1. The Labute approximate surface area is 129 Å².